The standard InChI is InChI=1S/C21H20ClP/c1-14-12-15(2)21(16(3)13-14)23-19-11-7-10-18(20(19)22)17-8-5-4-6-9-17/h4-13,23H,1-3H3. The molecule has 0 saturated heterocycles. The number of hydrogen-bond donors (Lipinski definition) is 0. The Morgan fingerprint density at radius 2 is 1.43 bits per heavy atom. The number of halogens is 1. The molecule has 0 aliphatic carbocycles. The highest BCUT2D eigenvalue weighted by atomic mass is 35.5. The van der Waals surface area contributed by atoms with Gasteiger partial charge in [0.2, 0.25) is 0 Å². The Morgan fingerprint density at radius 3 is 2.09 bits per heavy atom. The van der Waals surface area contributed by atoms with Gasteiger partial charge in [-0.15, -0.1) is 0 Å². The maximum Gasteiger partial charge on any atom is 0.0561 e. The van der Waals surface area contributed by atoms with Gasteiger partial charge in [-0.2, -0.15) is 0 Å². The monoisotopic (exact) mass is 338 g/mol. The third-order valence-electron chi connectivity index (χ3n) is 4.02. The summed E-state index contributed by atoms with van der Waals surface area (Å²) in [7, 11) is 0.579. The molecule has 3 aromatic carbocycles. The number of benzene rings is 3. The van der Waals surface area contributed by atoms with E-state index in [2.05, 4.69) is 75.4 Å². The van der Waals surface area contributed by atoms with E-state index in [1.807, 2.05) is 6.07 Å². The molecule has 0 N–H and O–H groups in total. The van der Waals surface area contributed by atoms with Crippen LogP contribution in [0.15, 0.2) is 60.7 Å². The first-order valence-corrected chi connectivity index (χ1v) is 9.13. The summed E-state index contributed by atoms with van der Waals surface area (Å²) < 4.78 is 0. The summed E-state index contributed by atoms with van der Waals surface area (Å²) in [5, 5.41) is 3.49. The minimum Gasteiger partial charge on any atom is -0.0830 e. The van der Waals surface area contributed by atoms with Gasteiger partial charge in [-0.25, -0.2) is 0 Å². The van der Waals surface area contributed by atoms with E-state index in [1.54, 1.807) is 0 Å². The predicted molar refractivity (Wildman–Crippen MR) is 105 cm³/mol. The first-order chi connectivity index (χ1) is 11.1. The first kappa shape index (κ1) is 16.2. The van der Waals surface area contributed by atoms with Gasteiger partial charge in [0.25, 0.3) is 0 Å². The first-order valence-electron chi connectivity index (χ1n) is 7.75. The molecule has 116 valence electrons. The summed E-state index contributed by atoms with van der Waals surface area (Å²) in [6.07, 6.45) is 0. The van der Waals surface area contributed by atoms with E-state index in [0.717, 1.165) is 10.6 Å². The van der Waals surface area contributed by atoms with Gasteiger partial charge in [-0.05, 0) is 48.1 Å². The smallest absolute Gasteiger partial charge is 0.0561 e. The van der Waals surface area contributed by atoms with Gasteiger partial charge < -0.3 is 0 Å². The van der Waals surface area contributed by atoms with Crippen molar-refractivity contribution in [2.75, 3.05) is 0 Å². The molecular formula is C21H20ClP. The van der Waals surface area contributed by atoms with Crippen LogP contribution < -0.4 is 10.6 Å². The van der Waals surface area contributed by atoms with Crippen LogP contribution in [0.25, 0.3) is 11.1 Å². The summed E-state index contributed by atoms with van der Waals surface area (Å²) in [6, 6.07) is 21.2. The third-order valence-corrected chi connectivity index (χ3v) is 6.31. The summed E-state index contributed by atoms with van der Waals surface area (Å²) in [6.45, 7) is 6.53. The van der Waals surface area contributed by atoms with Crippen molar-refractivity contribution < 1.29 is 0 Å². The van der Waals surface area contributed by atoms with Crippen molar-refractivity contribution >= 4 is 30.8 Å². The third kappa shape index (κ3) is 3.50. The zero-order valence-electron chi connectivity index (χ0n) is 13.7. The van der Waals surface area contributed by atoms with E-state index < -0.39 is 0 Å². The van der Waals surface area contributed by atoms with Crippen molar-refractivity contribution in [1.82, 2.24) is 0 Å². The molecule has 0 aliphatic rings. The molecule has 23 heavy (non-hydrogen) atoms. The fourth-order valence-electron chi connectivity index (χ4n) is 2.98. The Balaban J connectivity index is 2.03. The van der Waals surface area contributed by atoms with Gasteiger partial charge in [0, 0.05) is 5.56 Å². The lowest BCUT2D eigenvalue weighted by molar-refractivity contribution is 1.36. The molecule has 1 unspecified atom stereocenters. The largest absolute Gasteiger partial charge is 0.0830 e. The summed E-state index contributed by atoms with van der Waals surface area (Å²) >= 11 is 6.74. The highest BCUT2D eigenvalue weighted by molar-refractivity contribution is 7.56. The Kier molecular flexibility index (Phi) is 4.85. The zero-order valence-corrected chi connectivity index (χ0v) is 15.4. The van der Waals surface area contributed by atoms with Crippen LogP contribution in [-0.2, 0) is 0 Å². The summed E-state index contributed by atoms with van der Waals surface area (Å²) in [5.74, 6) is 0. The van der Waals surface area contributed by atoms with Gasteiger partial charge in [-0.3, -0.25) is 0 Å². The fraction of sp³-hybridized carbons (Fsp3) is 0.143. The fourth-order valence-corrected chi connectivity index (χ4v) is 4.59. The average molecular weight is 339 g/mol. The molecule has 0 amide bonds. The van der Waals surface area contributed by atoms with E-state index >= 15 is 0 Å². The minimum absolute atomic E-state index is 0.579. The van der Waals surface area contributed by atoms with Crippen LogP contribution >= 0.6 is 20.2 Å². The zero-order chi connectivity index (χ0) is 16.4. The molecule has 2 heteroatoms. The molecule has 0 radical (unpaired) electrons. The molecule has 3 rings (SSSR count). The Labute approximate surface area is 145 Å². The second-order valence-corrected chi connectivity index (χ2v) is 7.60. The molecule has 0 aliphatic heterocycles. The van der Waals surface area contributed by atoms with Gasteiger partial charge in [0.15, 0.2) is 0 Å². The quantitative estimate of drug-likeness (QED) is 0.548. The van der Waals surface area contributed by atoms with E-state index in [0.29, 0.717) is 8.58 Å². The van der Waals surface area contributed by atoms with Crippen molar-refractivity contribution in [2.45, 2.75) is 20.8 Å². The number of rotatable bonds is 3. The van der Waals surface area contributed by atoms with Gasteiger partial charge in [0.05, 0.1) is 5.02 Å². The van der Waals surface area contributed by atoms with E-state index in [-0.39, 0.29) is 0 Å². The van der Waals surface area contributed by atoms with Crippen molar-refractivity contribution in [2.24, 2.45) is 0 Å². The normalized spacial score (nSPS) is 11.3. The highest BCUT2D eigenvalue weighted by Gasteiger charge is 2.11. The predicted octanol–water partition coefficient (Wildman–Crippen LogP) is 5.56. The van der Waals surface area contributed by atoms with Crippen LogP contribution in [-0.4, -0.2) is 0 Å². The van der Waals surface area contributed by atoms with Crippen molar-refractivity contribution in [3.63, 3.8) is 0 Å². The second-order valence-electron chi connectivity index (χ2n) is 5.93. The van der Waals surface area contributed by atoms with E-state index in [4.69, 9.17) is 11.6 Å². The van der Waals surface area contributed by atoms with Crippen LogP contribution in [0.5, 0.6) is 0 Å². The van der Waals surface area contributed by atoms with Crippen molar-refractivity contribution in [1.29, 1.82) is 0 Å². The molecule has 0 heterocycles. The molecule has 0 bridgehead atoms. The van der Waals surface area contributed by atoms with Crippen LogP contribution in [0.1, 0.15) is 16.7 Å². The molecule has 0 nitrogen and oxygen atoms in total. The number of hydrogen-bond acceptors (Lipinski definition) is 0. The van der Waals surface area contributed by atoms with Crippen molar-refractivity contribution in [3.8, 4) is 11.1 Å². The topological polar surface area (TPSA) is 0 Å². The van der Waals surface area contributed by atoms with Crippen LogP contribution in [0, 0.1) is 20.8 Å². The molecule has 1 atom stereocenters. The number of aryl methyl sites for hydroxylation is 3. The maximum absolute atomic E-state index is 6.74. The van der Waals surface area contributed by atoms with Crippen molar-refractivity contribution in [3.05, 3.63) is 82.4 Å². The van der Waals surface area contributed by atoms with Crippen LogP contribution in [0.2, 0.25) is 5.02 Å². The van der Waals surface area contributed by atoms with Gasteiger partial charge in [-0.1, -0.05) is 86.4 Å². The summed E-state index contributed by atoms with van der Waals surface area (Å²) in [5.41, 5.74) is 6.29. The lowest BCUT2D eigenvalue weighted by Crippen LogP contribution is -2.12. The van der Waals surface area contributed by atoms with Crippen LogP contribution in [0.4, 0.5) is 0 Å². The van der Waals surface area contributed by atoms with Gasteiger partial charge in [0.1, 0.15) is 0 Å². The van der Waals surface area contributed by atoms with E-state index in [9.17, 15) is 0 Å². The second kappa shape index (κ2) is 6.87. The molecule has 3 aromatic rings. The maximum atomic E-state index is 6.74. The highest BCUT2D eigenvalue weighted by Crippen LogP contribution is 2.30. The Morgan fingerprint density at radius 1 is 0.783 bits per heavy atom. The molecule has 0 saturated carbocycles. The van der Waals surface area contributed by atoms with E-state index in [1.165, 1.54) is 32.9 Å². The molecule has 0 aromatic heterocycles. The lowest BCUT2D eigenvalue weighted by Gasteiger charge is -2.14. The molecular weight excluding hydrogens is 319 g/mol. The van der Waals surface area contributed by atoms with Gasteiger partial charge >= 0.3 is 0 Å². The Hall–Kier alpha value is -1.62. The Bertz CT molecular complexity index is 815. The minimum atomic E-state index is 0.579. The molecule has 0 spiro atoms. The summed E-state index contributed by atoms with van der Waals surface area (Å²) in [4.78, 5) is 0. The SMILES string of the molecule is Cc1cc(C)c(Pc2cccc(-c3ccccc3)c2Cl)c(C)c1. The van der Waals surface area contributed by atoms with Crippen LogP contribution in [0.3, 0.4) is 0 Å². The molecule has 0 fully saturated rings. The lowest BCUT2D eigenvalue weighted by atomic mass is 10.1. The average Bonchev–Trinajstić information content (AvgIpc) is 2.53.